The highest BCUT2D eigenvalue weighted by Gasteiger charge is 2.27. The summed E-state index contributed by atoms with van der Waals surface area (Å²) in [6.07, 6.45) is 5.99. The number of nitrogens with one attached hydrogen (secondary N) is 1. The van der Waals surface area contributed by atoms with Crippen molar-refractivity contribution in [2.24, 2.45) is 5.92 Å². The summed E-state index contributed by atoms with van der Waals surface area (Å²) >= 11 is 0. The van der Waals surface area contributed by atoms with E-state index in [0.717, 1.165) is 12.5 Å². The Bertz CT molecular complexity index is 600. The van der Waals surface area contributed by atoms with Gasteiger partial charge in [0.15, 0.2) is 17.6 Å². The molecule has 1 aliphatic carbocycles. The number of benzene rings is 1. The minimum atomic E-state index is -1.28. The van der Waals surface area contributed by atoms with E-state index in [1.807, 2.05) is 12.2 Å². The van der Waals surface area contributed by atoms with Crippen molar-refractivity contribution in [3.8, 4) is 5.75 Å². The average molecular weight is 307 g/mol. The molecule has 0 bridgehead atoms. The second-order valence-corrected chi connectivity index (χ2v) is 5.16. The van der Waals surface area contributed by atoms with Gasteiger partial charge < -0.3 is 15.2 Å². The zero-order valence-electron chi connectivity index (χ0n) is 12.2. The average Bonchev–Trinajstić information content (AvgIpc) is 2.52. The maximum atomic E-state index is 13.7. The fourth-order valence-corrected chi connectivity index (χ4v) is 2.44. The summed E-state index contributed by atoms with van der Waals surface area (Å²) in [5.41, 5.74) is 0.172. The Hall–Kier alpha value is -2.37. The molecule has 0 fully saturated rings. The molecule has 0 heterocycles. The molecule has 2 N–H and O–H groups in total. The normalized spacial score (nSPS) is 18.5. The van der Waals surface area contributed by atoms with Gasteiger partial charge in [-0.2, -0.15) is 0 Å². The second-order valence-electron chi connectivity index (χ2n) is 5.16. The van der Waals surface area contributed by atoms with E-state index in [1.54, 1.807) is 0 Å². The number of carboxylic acid groups (broad SMARTS) is 1. The number of aliphatic carboxylic acids is 1. The summed E-state index contributed by atoms with van der Waals surface area (Å²) in [5, 5.41) is 11.8. The van der Waals surface area contributed by atoms with Gasteiger partial charge in [-0.3, -0.25) is 4.79 Å². The Morgan fingerprint density at radius 3 is 2.73 bits per heavy atom. The predicted molar refractivity (Wildman–Crippen MR) is 78.0 cm³/mol. The third-order valence-electron chi connectivity index (χ3n) is 3.68. The fraction of sp³-hybridized carbons (Fsp3) is 0.375. The standard InChI is InChI=1S/C16H18FNO4/c1-22-13-8-7-11(9-12(13)17)14(16(20)21)18-15(19)10-5-3-2-4-6-10/h2-3,7-10,14H,4-6H2,1H3,(H,18,19)(H,20,21). The Morgan fingerprint density at radius 1 is 1.41 bits per heavy atom. The quantitative estimate of drug-likeness (QED) is 0.819. The number of halogens is 1. The van der Waals surface area contributed by atoms with Crippen LogP contribution in [0.4, 0.5) is 4.39 Å². The summed E-state index contributed by atoms with van der Waals surface area (Å²) < 4.78 is 18.5. The molecule has 6 heteroatoms. The van der Waals surface area contributed by atoms with E-state index in [2.05, 4.69) is 5.32 Å². The zero-order chi connectivity index (χ0) is 16.1. The van der Waals surface area contributed by atoms with Crippen molar-refractivity contribution >= 4 is 11.9 Å². The van der Waals surface area contributed by atoms with E-state index in [9.17, 15) is 19.1 Å². The van der Waals surface area contributed by atoms with E-state index >= 15 is 0 Å². The minimum Gasteiger partial charge on any atom is -0.494 e. The molecule has 0 saturated carbocycles. The van der Waals surface area contributed by atoms with Gasteiger partial charge in [0.05, 0.1) is 7.11 Å². The fourth-order valence-electron chi connectivity index (χ4n) is 2.44. The summed E-state index contributed by atoms with van der Waals surface area (Å²) in [7, 11) is 1.32. The highest BCUT2D eigenvalue weighted by atomic mass is 19.1. The van der Waals surface area contributed by atoms with Gasteiger partial charge in [-0.15, -0.1) is 0 Å². The molecule has 0 aliphatic heterocycles. The molecular formula is C16H18FNO4. The number of carboxylic acids is 1. The topological polar surface area (TPSA) is 75.6 Å². The van der Waals surface area contributed by atoms with Crippen LogP contribution in [0.25, 0.3) is 0 Å². The predicted octanol–water partition coefficient (Wildman–Crippen LogP) is 2.43. The van der Waals surface area contributed by atoms with Crippen LogP contribution in [0.2, 0.25) is 0 Å². The number of allylic oxidation sites excluding steroid dienone is 2. The lowest BCUT2D eigenvalue weighted by Gasteiger charge is -2.21. The highest BCUT2D eigenvalue weighted by molar-refractivity contribution is 5.86. The molecule has 5 nitrogen and oxygen atoms in total. The van der Waals surface area contributed by atoms with Gasteiger partial charge in [-0.05, 0) is 37.0 Å². The van der Waals surface area contributed by atoms with Crippen molar-refractivity contribution < 1.29 is 23.8 Å². The molecule has 0 saturated heterocycles. The van der Waals surface area contributed by atoms with Crippen molar-refractivity contribution in [1.29, 1.82) is 0 Å². The molecule has 1 aromatic carbocycles. The largest absolute Gasteiger partial charge is 0.494 e. The summed E-state index contributed by atoms with van der Waals surface area (Å²) in [5.74, 6) is -2.44. The van der Waals surface area contributed by atoms with Gasteiger partial charge in [-0.1, -0.05) is 18.2 Å². The number of hydrogen-bond donors (Lipinski definition) is 2. The number of carbonyl (C=O) groups is 2. The Balaban J connectivity index is 2.16. The molecule has 2 unspecified atom stereocenters. The molecule has 2 rings (SSSR count). The van der Waals surface area contributed by atoms with Gasteiger partial charge in [-0.25, -0.2) is 9.18 Å². The Morgan fingerprint density at radius 2 is 2.18 bits per heavy atom. The van der Waals surface area contributed by atoms with Crippen molar-refractivity contribution in [1.82, 2.24) is 5.32 Å². The van der Waals surface area contributed by atoms with Gasteiger partial charge in [0.2, 0.25) is 5.91 Å². The van der Waals surface area contributed by atoms with Crippen molar-refractivity contribution in [3.63, 3.8) is 0 Å². The molecule has 118 valence electrons. The third kappa shape index (κ3) is 3.63. The molecule has 0 spiro atoms. The van der Waals surface area contributed by atoms with E-state index in [1.165, 1.54) is 19.2 Å². The Labute approximate surface area is 127 Å². The summed E-state index contributed by atoms with van der Waals surface area (Å²) in [4.78, 5) is 23.6. The number of ether oxygens (including phenoxy) is 1. The van der Waals surface area contributed by atoms with E-state index in [-0.39, 0.29) is 23.1 Å². The van der Waals surface area contributed by atoms with Crippen LogP contribution in [0, 0.1) is 11.7 Å². The van der Waals surface area contributed by atoms with Crippen LogP contribution in [0.3, 0.4) is 0 Å². The first-order valence-electron chi connectivity index (χ1n) is 7.04. The van der Waals surface area contributed by atoms with Crippen molar-refractivity contribution in [3.05, 3.63) is 41.7 Å². The van der Waals surface area contributed by atoms with Crippen molar-refractivity contribution in [2.45, 2.75) is 25.3 Å². The molecule has 2 atom stereocenters. The third-order valence-corrected chi connectivity index (χ3v) is 3.68. The zero-order valence-corrected chi connectivity index (χ0v) is 12.2. The first-order chi connectivity index (χ1) is 10.5. The lowest BCUT2D eigenvalue weighted by molar-refractivity contribution is -0.142. The molecule has 1 aromatic rings. The Kier molecular flexibility index (Phi) is 5.14. The molecule has 0 aromatic heterocycles. The maximum Gasteiger partial charge on any atom is 0.330 e. The number of hydrogen-bond acceptors (Lipinski definition) is 3. The first kappa shape index (κ1) is 16.0. The van der Waals surface area contributed by atoms with Crippen LogP contribution in [0.1, 0.15) is 30.9 Å². The SMILES string of the molecule is COc1ccc(C(NC(=O)C2CC=CCC2)C(=O)O)cc1F. The van der Waals surface area contributed by atoms with Crippen molar-refractivity contribution in [2.75, 3.05) is 7.11 Å². The smallest absolute Gasteiger partial charge is 0.330 e. The number of carbonyl (C=O) groups excluding carboxylic acids is 1. The lowest BCUT2D eigenvalue weighted by atomic mass is 9.93. The molecule has 0 radical (unpaired) electrons. The number of rotatable bonds is 5. The lowest BCUT2D eigenvalue weighted by Crippen LogP contribution is -2.38. The molecule has 1 aliphatic rings. The summed E-state index contributed by atoms with van der Waals surface area (Å²) in [6, 6.07) is 2.56. The van der Waals surface area contributed by atoms with Gasteiger partial charge in [0.25, 0.3) is 0 Å². The molecular weight excluding hydrogens is 289 g/mol. The van der Waals surface area contributed by atoms with Crippen LogP contribution in [0.5, 0.6) is 5.75 Å². The maximum absolute atomic E-state index is 13.7. The van der Waals surface area contributed by atoms with E-state index in [0.29, 0.717) is 12.8 Å². The van der Waals surface area contributed by atoms with Crippen LogP contribution in [-0.2, 0) is 9.59 Å². The second kappa shape index (κ2) is 7.06. The van der Waals surface area contributed by atoms with Crippen LogP contribution in [-0.4, -0.2) is 24.1 Å². The van der Waals surface area contributed by atoms with E-state index < -0.39 is 17.8 Å². The highest BCUT2D eigenvalue weighted by Crippen LogP contribution is 2.24. The van der Waals surface area contributed by atoms with Crippen LogP contribution in [0.15, 0.2) is 30.4 Å². The van der Waals surface area contributed by atoms with Crippen LogP contribution >= 0.6 is 0 Å². The molecule has 22 heavy (non-hydrogen) atoms. The summed E-state index contributed by atoms with van der Waals surface area (Å²) in [6.45, 7) is 0. The van der Waals surface area contributed by atoms with Gasteiger partial charge >= 0.3 is 5.97 Å². The molecule has 1 amide bonds. The van der Waals surface area contributed by atoms with Gasteiger partial charge in [0, 0.05) is 5.92 Å². The first-order valence-corrected chi connectivity index (χ1v) is 7.04. The number of amides is 1. The van der Waals surface area contributed by atoms with Crippen LogP contribution < -0.4 is 10.1 Å². The minimum absolute atomic E-state index is 0.0247. The van der Waals surface area contributed by atoms with Gasteiger partial charge in [0.1, 0.15) is 0 Å². The number of methoxy groups -OCH3 is 1. The monoisotopic (exact) mass is 307 g/mol. The van der Waals surface area contributed by atoms with E-state index in [4.69, 9.17) is 4.74 Å².